The monoisotopic (exact) mass is 458 g/mol. The molecule has 10 heteroatoms. The lowest BCUT2D eigenvalue weighted by molar-refractivity contribution is 0.114. The Balaban J connectivity index is 1.66. The second-order valence-corrected chi connectivity index (χ2v) is 8.84. The lowest BCUT2D eigenvalue weighted by Crippen LogP contribution is -2.53. The van der Waals surface area contributed by atoms with Gasteiger partial charge in [0, 0.05) is 66.5 Å². The summed E-state index contributed by atoms with van der Waals surface area (Å²) in [4.78, 5) is 16.1. The van der Waals surface area contributed by atoms with Gasteiger partial charge in [-0.15, -0.1) is 0 Å². The highest BCUT2D eigenvalue weighted by molar-refractivity contribution is 6.39. The lowest BCUT2D eigenvalue weighted by Gasteiger charge is -2.39. The SMILES string of the molecule is CCC(C)Nc1cc(-n2ncc3cc(C#N)cnc32)ncc1C(C=NC1CN(C(C)C)C1)=NN. The van der Waals surface area contributed by atoms with Crippen molar-refractivity contribution in [3.63, 3.8) is 0 Å². The van der Waals surface area contributed by atoms with Crippen molar-refractivity contribution in [2.45, 2.75) is 52.2 Å². The number of nitrogens with two attached hydrogens (primary N) is 1. The van der Waals surface area contributed by atoms with Crippen LogP contribution in [0.5, 0.6) is 0 Å². The van der Waals surface area contributed by atoms with Crippen molar-refractivity contribution in [2.24, 2.45) is 15.9 Å². The molecule has 0 bridgehead atoms. The number of nitriles is 1. The van der Waals surface area contributed by atoms with Crippen LogP contribution >= 0.6 is 0 Å². The maximum absolute atomic E-state index is 9.13. The molecule has 0 amide bonds. The third-order valence-electron chi connectivity index (χ3n) is 6.10. The molecule has 3 N–H and O–H groups in total. The smallest absolute Gasteiger partial charge is 0.164 e. The fourth-order valence-corrected chi connectivity index (χ4v) is 3.75. The summed E-state index contributed by atoms with van der Waals surface area (Å²) in [5, 5.41) is 21.9. The van der Waals surface area contributed by atoms with Crippen molar-refractivity contribution in [3.8, 4) is 11.9 Å². The van der Waals surface area contributed by atoms with Gasteiger partial charge in [0.2, 0.25) is 0 Å². The van der Waals surface area contributed by atoms with E-state index in [2.05, 4.69) is 64.1 Å². The average Bonchev–Trinajstić information content (AvgIpc) is 3.23. The Kier molecular flexibility index (Phi) is 6.84. The van der Waals surface area contributed by atoms with Gasteiger partial charge in [-0.3, -0.25) is 9.89 Å². The van der Waals surface area contributed by atoms with Crippen LogP contribution < -0.4 is 11.2 Å². The summed E-state index contributed by atoms with van der Waals surface area (Å²) in [6.07, 6.45) is 7.63. The predicted octanol–water partition coefficient (Wildman–Crippen LogP) is 2.72. The molecule has 1 atom stereocenters. The zero-order chi connectivity index (χ0) is 24.2. The van der Waals surface area contributed by atoms with Crippen LogP contribution in [-0.2, 0) is 0 Å². The predicted molar refractivity (Wildman–Crippen MR) is 134 cm³/mol. The van der Waals surface area contributed by atoms with Crippen molar-refractivity contribution < 1.29 is 0 Å². The molecule has 4 heterocycles. The van der Waals surface area contributed by atoms with Crippen molar-refractivity contribution in [1.82, 2.24) is 24.6 Å². The summed E-state index contributed by atoms with van der Waals surface area (Å²) in [5.41, 5.74) is 3.29. The highest BCUT2D eigenvalue weighted by Gasteiger charge is 2.27. The number of likely N-dealkylation sites (tertiary alicyclic amines) is 1. The number of pyridine rings is 2. The van der Waals surface area contributed by atoms with Crippen LogP contribution in [-0.4, -0.2) is 67.8 Å². The molecule has 0 aromatic carbocycles. The molecule has 0 spiro atoms. The fourth-order valence-electron chi connectivity index (χ4n) is 3.75. The molecule has 10 nitrogen and oxygen atoms in total. The van der Waals surface area contributed by atoms with E-state index in [1.165, 1.54) is 6.20 Å². The Hall–Kier alpha value is -3.84. The molecular formula is C24H30N10. The Labute approximate surface area is 199 Å². The summed E-state index contributed by atoms with van der Waals surface area (Å²) in [6.45, 7) is 10.5. The van der Waals surface area contributed by atoms with Crippen molar-refractivity contribution in [2.75, 3.05) is 18.4 Å². The largest absolute Gasteiger partial charge is 0.382 e. The van der Waals surface area contributed by atoms with Gasteiger partial charge in [-0.25, -0.2) is 9.97 Å². The number of hydrogen-bond donors (Lipinski definition) is 2. The number of nitrogens with one attached hydrogen (secondary N) is 1. The Morgan fingerprint density at radius 2 is 2.06 bits per heavy atom. The van der Waals surface area contributed by atoms with Crippen molar-refractivity contribution >= 4 is 28.6 Å². The Morgan fingerprint density at radius 3 is 2.74 bits per heavy atom. The first-order chi connectivity index (χ1) is 16.4. The molecule has 3 aromatic heterocycles. The van der Waals surface area contributed by atoms with Crippen LogP contribution in [0, 0.1) is 11.3 Å². The highest BCUT2D eigenvalue weighted by Crippen LogP contribution is 2.23. The van der Waals surface area contributed by atoms with Gasteiger partial charge in [0.15, 0.2) is 11.5 Å². The molecule has 0 saturated carbocycles. The normalized spacial score (nSPS) is 16.2. The van der Waals surface area contributed by atoms with Gasteiger partial charge < -0.3 is 11.2 Å². The molecule has 0 aliphatic carbocycles. The van der Waals surface area contributed by atoms with Crippen LogP contribution in [0.25, 0.3) is 16.9 Å². The molecule has 1 fully saturated rings. The van der Waals surface area contributed by atoms with Gasteiger partial charge >= 0.3 is 0 Å². The maximum Gasteiger partial charge on any atom is 0.164 e. The van der Waals surface area contributed by atoms with Gasteiger partial charge in [0.1, 0.15) is 11.8 Å². The second-order valence-electron chi connectivity index (χ2n) is 8.84. The zero-order valence-corrected chi connectivity index (χ0v) is 20.0. The van der Waals surface area contributed by atoms with E-state index in [1.54, 1.807) is 29.4 Å². The standard InChI is InChI=1S/C24H30N10/c1-5-16(4)31-21-7-23(34-24-18(10-30-34)6-17(8-25)9-29-24)28-11-20(21)22(32-26)12-27-19-13-33(14-19)15(2)3/h6-7,9-12,15-16,19H,5,13-14,26H2,1-4H3,(H,28,31). The third-order valence-corrected chi connectivity index (χ3v) is 6.10. The van der Waals surface area contributed by atoms with Gasteiger partial charge in [0.05, 0.1) is 17.8 Å². The molecular weight excluding hydrogens is 428 g/mol. The molecule has 34 heavy (non-hydrogen) atoms. The van der Waals surface area contributed by atoms with E-state index in [0.717, 1.165) is 36.1 Å². The minimum Gasteiger partial charge on any atom is -0.382 e. The van der Waals surface area contributed by atoms with Crippen LogP contribution in [0.4, 0.5) is 5.69 Å². The van der Waals surface area contributed by atoms with Gasteiger partial charge in [0.25, 0.3) is 0 Å². The molecule has 176 valence electrons. The zero-order valence-electron chi connectivity index (χ0n) is 20.0. The number of hydrazone groups is 1. The summed E-state index contributed by atoms with van der Waals surface area (Å²) in [7, 11) is 0. The van der Waals surface area contributed by atoms with Gasteiger partial charge in [-0.1, -0.05) is 6.92 Å². The van der Waals surface area contributed by atoms with E-state index in [-0.39, 0.29) is 12.1 Å². The fraction of sp³-hybridized carbons (Fsp3) is 0.417. The number of rotatable bonds is 8. The first-order valence-corrected chi connectivity index (χ1v) is 11.5. The molecule has 4 rings (SSSR count). The minimum absolute atomic E-state index is 0.224. The van der Waals surface area contributed by atoms with Crippen LogP contribution in [0.1, 0.15) is 45.2 Å². The minimum atomic E-state index is 0.224. The quantitative estimate of drug-likeness (QED) is 0.301. The molecule has 1 saturated heterocycles. The number of aromatic nitrogens is 4. The summed E-state index contributed by atoms with van der Waals surface area (Å²) in [6, 6.07) is 6.77. The van der Waals surface area contributed by atoms with E-state index in [1.807, 2.05) is 6.07 Å². The molecule has 3 aromatic rings. The topological polar surface area (TPSA) is 133 Å². The summed E-state index contributed by atoms with van der Waals surface area (Å²) in [5.74, 6) is 6.37. The number of fused-ring (bicyclic) bond motifs is 1. The molecule has 1 aliphatic heterocycles. The van der Waals surface area contributed by atoms with E-state index in [0.29, 0.717) is 28.8 Å². The number of anilines is 1. The van der Waals surface area contributed by atoms with Crippen molar-refractivity contribution in [3.05, 3.63) is 41.9 Å². The molecule has 1 aliphatic rings. The maximum atomic E-state index is 9.13. The number of aliphatic imine (C=N–C) groups is 1. The van der Waals surface area contributed by atoms with Crippen LogP contribution in [0.15, 0.2) is 40.8 Å². The highest BCUT2D eigenvalue weighted by atomic mass is 15.3. The van der Waals surface area contributed by atoms with E-state index in [9.17, 15) is 0 Å². The van der Waals surface area contributed by atoms with Crippen molar-refractivity contribution in [1.29, 1.82) is 5.26 Å². The molecule has 1 unspecified atom stereocenters. The molecule has 0 radical (unpaired) electrons. The number of nitrogens with zero attached hydrogens (tertiary/aromatic N) is 8. The lowest BCUT2D eigenvalue weighted by atomic mass is 10.1. The first kappa shape index (κ1) is 23.3. The Morgan fingerprint density at radius 1 is 1.26 bits per heavy atom. The Bertz CT molecular complexity index is 1260. The second kappa shape index (κ2) is 9.97. The van der Waals surface area contributed by atoms with Gasteiger partial charge in [-0.05, 0) is 33.3 Å². The van der Waals surface area contributed by atoms with E-state index >= 15 is 0 Å². The van der Waals surface area contributed by atoms with E-state index in [4.69, 9.17) is 16.1 Å². The summed E-state index contributed by atoms with van der Waals surface area (Å²) < 4.78 is 1.66. The first-order valence-electron chi connectivity index (χ1n) is 11.5. The third kappa shape index (κ3) is 4.75. The van der Waals surface area contributed by atoms with Crippen LogP contribution in [0.2, 0.25) is 0 Å². The van der Waals surface area contributed by atoms with Gasteiger partial charge in [-0.2, -0.15) is 20.1 Å². The average molecular weight is 459 g/mol. The van der Waals surface area contributed by atoms with E-state index < -0.39 is 0 Å². The summed E-state index contributed by atoms with van der Waals surface area (Å²) >= 11 is 0. The van der Waals surface area contributed by atoms with Crippen LogP contribution in [0.3, 0.4) is 0 Å². The number of hydrogen-bond acceptors (Lipinski definition) is 9.